The third-order valence-electron chi connectivity index (χ3n) is 8.15. The highest BCUT2D eigenvalue weighted by atomic mass is 32.2. The predicted molar refractivity (Wildman–Crippen MR) is 179 cm³/mol. The van der Waals surface area contributed by atoms with Gasteiger partial charge < -0.3 is 9.73 Å². The van der Waals surface area contributed by atoms with Crippen LogP contribution in [0, 0.1) is 5.92 Å². The Bertz CT molecular complexity index is 1620. The minimum absolute atomic E-state index is 0.188. The lowest BCUT2D eigenvalue weighted by Crippen LogP contribution is -2.24. The van der Waals surface area contributed by atoms with Crippen molar-refractivity contribution in [2.24, 2.45) is 10.9 Å². The van der Waals surface area contributed by atoms with Gasteiger partial charge in [0.25, 0.3) is 0 Å². The van der Waals surface area contributed by atoms with Gasteiger partial charge in [-0.15, -0.1) is 0 Å². The van der Waals surface area contributed by atoms with Gasteiger partial charge in [-0.3, -0.25) is 4.99 Å². The van der Waals surface area contributed by atoms with E-state index in [9.17, 15) is 8.42 Å². The minimum atomic E-state index is -3.58. The van der Waals surface area contributed by atoms with E-state index in [0.717, 1.165) is 82.5 Å². The first kappa shape index (κ1) is 32.9. The van der Waals surface area contributed by atoms with E-state index >= 15 is 0 Å². The molecule has 1 aliphatic carbocycles. The highest BCUT2D eigenvalue weighted by molar-refractivity contribution is 7.89. The largest absolute Gasteiger partial charge is 0.456 e. The first-order valence-electron chi connectivity index (χ1n) is 16.0. The maximum absolute atomic E-state index is 13.0. The molecule has 0 bridgehead atoms. The molecule has 2 atom stereocenters. The normalized spacial score (nSPS) is 14.2. The summed E-state index contributed by atoms with van der Waals surface area (Å²) in [6, 6.07) is 20.1. The van der Waals surface area contributed by atoms with Crippen LogP contribution in [0.5, 0.6) is 0 Å². The van der Waals surface area contributed by atoms with Gasteiger partial charge in [0.05, 0.1) is 10.3 Å². The van der Waals surface area contributed by atoms with Crippen LogP contribution in [0.3, 0.4) is 0 Å². The number of nitrogens with zero attached hydrogens (tertiary/aromatic N) is 1. The predicted octanol–water partition coefficient (Wildman–Crippen LogP) is 8.46. The molecule has 0 aromatic heterocycles. The fraction of sp³-hybridized carbons (Fsp3) is 0.472. The van der Waals surface area contributed by atoms with Gasteiger partial charge in [0.15, 0.2) is 0 Å². The van der Waals surface area contributed by atoms with Crippen LogP contribution in [0.15, 0.2) is 75.0 Å². The Morgan fingerprint density at radius 2 is 1.60 bits per heavy atom. The van der Waals surface area contributed by atoms with E-state index in [-0.39, 0.29) is 17.0 Å². The van der Waals surface area contributed by atoms with Gasteiger partial charge in [-0.1, -0.05) is 77.6 Å². The first-order chi connectivity index (χ1) is 20.6. The summed E-state index contributed by atoms with van der Waals surface area (Å²) >= 11 is 0. The molecule has 0 radical (unpaired) electrons. The number of unbranched alkanes of at least 4 members (excludes halogenated alkanes) is 3. The lowest BCUT2D eigenvalue weighted by molar-refractivity contribution is 0.517. The Balaban J connectivity index is 1.66. The van der Waals surface area contributed by atoms with E-state index in [2.05, 4.69) is 75.8 Å². The molecule has 1 aliphatic heterocycles. The summed E-state index contributed by atoms with van der Waals surface area (Å²) in [6.07, 6.45) is 6.42. The van der Waals surface area contributed by atoms with Gasteiger partial charge in [0.1, 0.15) is 11.3 Å². The molecule has 6 nitrogen and oxygen atoms in total. The molecule has 2 N–H and O–H groups in total. The summed E-state index contributed by atoms with van der Waals surface area (Å²) in [6.45, 7) is 14.3. The second-order valence-electron chi connectivity index (χ2n) is 12.1. The molecule has 0 saturated heterocycles. The minimum Gasteiger partial charge on any atom is -0.456 e. The van der Waals surface area contributed by atoms with E-state index in [1.807, 2.05) is 24.3 Å². The Morgan fingerprint density at radius 1 is 0.860 bits per heavy atom. The average Bonchev–Trinajstić information content (AvgIpc) is 2.99. The molecular formula is C36H49N3O3S. The van der Waals surface area contributed by atoms with Crippen molar-refractivity contribution in [2.45, 2.75) is 97.0 Å². The molecule has 2 unspecified atom stereocenters. The molecular weight excluding hydrogens is 554 g/mol. The number of nitrogens with one attached hydrogen (secondary N) is 2. The zero-order valence-corrected chi connectivity index (χ0v) is 27.6. The van der Waals surface area contributed by atoms with Gasteiger partial charge in [0.2, 0.25) is 10.0 Å². The number of sulfonamides is 1. The Morgan fingerprint density at radius 3 is 2.30 bits per heavy atom. The third kappa shape index (κ3) is 8.55. The lowest BCUT2D eigenvalue weighted by atomic mass is 9.92. The van der Waals surface area contributed by atoms with Gasteiger partial charge >= 0.3 is 0 Å². The van der Waals surface area contributed by atoms with Crippen molar-refractivity contribution in [2.75, 3.05) is 13.1 Å². The molecule has 7 heteroatoms. The van der Waals surface area contributed by atoms with E-state index in [1.54, 1.807) is 12.1 Å². The van der Waals surface area contributed by atoms with Crippen LogP contribution in [-0.2, 0) is 10.0 Å². The first-order valence-corrected chi connectivity index (χ1v) is 17.5. The van der Waals surface area contributed by atoms with E-state index in [1.165, 1.54) is 12.8 Å². The van der Waals surface area contributed by atoms with E-state index in [4.69, 9.17) is 9.41 Å². The third-order valence-corrected chi connectivity index (χ3v) is 9.63. The maximum Gasteiger partial charge on any atom is 0.240 e. The van der Waals surface area contributed by atoms with Crippen LogP contribution in [0.1, 0.15) is 91.7 Å². The fourth-order valence-corrected chi connectivity index (χ4v) is 6.52. The molecule has 43 heavy (non-hydrogen) atoms. The lowest BCUT2D eigenvalue weighted by Gasteiger charge is -2.18. The van der Waals surface area contributed by atoms with Crippen molar-refractivity contribution in [1.82, 2.24) is 10.0 Å². The molecule has 0 fully saturated rings. The number of hydrogen-bond acceptors (Lipinski definition) is 5. The van der Waals surface area contributed by atoms with Crippen molar-refractivity contribution >= 4 is 21.0 Å². The van der Waals surface area contributed by atoms with Crippen LogP contribution in [0.2, 0.25) is 0 Å². The van der Waals surface area contributed by atoms with Crippen LogP contribution in [-0.4, -0.2) is 27.5 Å². The summed E-state index contributed by atoms with van der Waals surface area (Å²) < 4.78 is 35.4. The zero-order valence-electron chi connectivity index (χ0n) is 26.7. The molecule has 2 aliphatic rings. The van der Waals surface area contributed by atoms with Crippen LogP contribution in [0.4, 0.5) is 0 Å². The molecule has 0 amide bonds. The van der Waals surface area contributed by atoms with Crippen molar-refractivity contribution in [3.63, 3.8) is 0 Å². The molecule has 2 aromatic carbocycles. The highest BCUT2D eigenvalue weighted by Crippen LogP contribution is 2.40. The van der Waals surface area contributed by atoms with Crippen LogP contribution >= 0.6 is 0 Å². The molecule has 1 heterocycles. The van der Waals surface area contributed by atoms with Gasteiger partial charge in [0, 0.05) is 41.2 Å². The van der Waals surface area contributed by atoms with Crippen molar-refractivity contribution in [3.05, 3.63) is 71.6 Å². The molecule has 0 spiro atoms. The highest BCUT2D eigenvalue weighted by Gasteiger charge is 2.20. The van der Waals surface area contributed by atoms with Crippen molar-refractivity contribution in [1.29, 1.82) is 0 Å². The van der Waals surface area contributed by atoms with Gasteiger partial charge in [-0.05, 0) is 80.6 Å². The molecule has 2 aromatic rings. The van der Waals surface area contributed by atoms with Gasteiger partial charge in [-0.25, -0.2) is 13.1 Å². The summed E-state index contributed by atoms with van der Waals surface area (Å²) in [4.78, 5) is 5.11. The van der Waals surface area contributed by atoms with Crippen LogP contribution < -0.4 is 15.4 Å². The molecule has 0 saturated carbocycles. The standard InChI is InChI=1S/C36H49N3O3S/c1-7-26(5)39-30-17-21-33-35(24-30)42-34-23-29(27(6)37-8-2)16-20-32(34)36(33)28-14-18-31(19-15-28)43(40,41)38-22-12-10-9-11-13-25(3)4/h14-21,23-27,37-38H,7-13,22H2,1-6H3. The van der Waals surface area contributed by atoms with Crippen molar-refractivity contribution in [3.8, 4) is 22.5 Å². The smallest absolute Gasteiger partial charge is 0.240 e. The second kappa shape index (κ2) is 15.1. The zero-order chi connectivity index (χ0) is 31.0. The summed E-state index contributed by atoms with van der Waals surface area (Å²) in [5.41, 5.74) is 4.86. The van der Waals surface area contributed by atoms with Crippen molar-refractivity contribution < 1.29 is 12.8 Å². The number of hydrogen-bond donors (Lipinski definition) is 2. The topological polar surface area (TPSA) is 83.7 Å². The monoisotopic (exact) mass is 603 g/mol. The molecule has 4 rings (SSSR count). The summed E-state index contributed by atoms with van der Waals surface area (Å²) in [7, 11) is -3.58. The number of fused-ring (bicyclic) bond motifs is 2. The fourth-order valence-electron chi connectivity index (χ4n) is 5.45. The SMILES string of the molecule is CCNC(C)c1ccc2c(-c3ccc(S(=O)(=O)NCCCCCCC(C)C)cc3)c3ccc(=NC(C)CC)cc-3oc2c1. The van der Waals surface area contributed by atoms with E-state index in [0.29, 0.717) is 6.54 Å². The maximum atomic E-state index is 13.0. The summed E-state index contributed by atoms with van der Waals surface area (Å²) in [5.74, 6) is 1.47. The number of rotatable bonds is 15. The van der Waals surface area contributed by atoms with Crippen LogP contribution in [0.25, 0.3) is 33.4 Å². The Labute approximate surface area is 258 Å². The summed E-state index contributed by atoms with van der Waals surface area (Å²) in [5, 5.41) is 5.35. The molecule has 232 valence electrons. The second-order valence-corrected chi connectivity index (χ2v) is 13.9. The van der Waals surface area contributed by atoms with Gasteiger partial charge in [-0.2, -0.15) is 0 Å². The van der Waals surface area contributed by atoms with E-state index < -0.39 is 10.0 Å². The quantitative estimate of drug-likeness (QED) is 0.105. The Hall–Kier alpha value is -3.00. The average molecular weight is 604 g/mol. The Kier molecular flexibility index (Phi) is 11.6. The number of benzene rings is 3.